The van der Waals surface area contributed by atoms with Gasteiger partial charge in [0.05, 0.1) is 25.4 Å². The average molecular weight is 1050 g/mol. The Kier molecular flexibility index (Phi) is 62.0. The molecule has 0 aliphatic heterocycles. The number of hydrogen-bond donors (Lipinski definition) is 3. The van der Waals surface area contributed by atoms with Crippen LogP contribution in [0.1, 0.15) is 341 Å². The molecule has 0 aromatic heterocycles. The van der Waals surface area contributed by atoms with Gasteiger partial charge in [-0.15, -0.1) is 0 Å². The highest BCUT2D eigenvalue weighted by atomic mass is 16.5. The third-order valence-corrected chi connectivity index (χ3v) is 15.0. The molecule has 1 amide bonds. The zero-order chi connectivity index (χ0) is 54.3. The van der Waals surface area contributed by atoms with E-state index in [1.807, 2.05) is 6.08 Å². The van der Waals surface area contributed by atoms with Crippen LogP contribution in [0.3, 0.4) is 0 Å². The monoisotopic (exact) mass is 1050 g/mol. The summed E-state index contributed by atoms with van der Waals surface area (Å²) in [6, 6.07) is -0.629. The first-order chi connectivity index (χ1) is 37.0. The van der Waals surface area contributed by atoms with Crippen molar-refractivity contribution >= 4 is 11.9 Å². The molecule has 0 aliphatic carbocycles. The molecule has 0 bridgehead atoms. The van der Waals surface area contributed by atoms with Crippen LogP contribution in [0.2, 0.25) is 0 Å². The van der Waals surface area contributed by atoms with Crippen molar-refractivity contribution < 1.29 is 24.5 Å². The number of carbonyl (C=O) groups excluding carboxylic acids is 2. The molecule has 0 saturated heterocycles. The highest BCUT2D eigenvalue weighted by molar-refractivity contribution is 5.76. The fourth-order valence-corrected chi connectivity index (χ4v) is 9.92. The first kappa shape index (κ1) is 72.6. The maximum atomic E-state index is 12.5. The molecule has 0 aromatic carbocycles. The van der Waals surface area contributed by atoms with Crippen molar-refractivity contribution in [2.45, 2.75) is 353 Å². The van der Waals surface area contributed by atoms with Gasteiger partial charge in [0.15, 0.2) is 0 Å². The standard InChI is InChI=1S/C69H127NO5/c1-3-5-7-9-11-13-15-17-34-37-41-45-49-53-57-61-67(72)66(65-71)70-68(73)62-58-54-50-46-42-38-35-32-30-28-26-24-22-20-19-21-23-25-27-29-31-33-36-40-44-48-52-56-60-64-75-69(74)63-59-55-51-47-43-39-18-16-14-12-10-8-6-4-2/h10,12,16,18-19,21,25,27,57,61,66-67,71-72H,3-9,11,13-15,17,20,22-24,26,28-56,58-60,62-65H2,1-2H3,(H,70,73)/b12-10-,18-16-,21-19-,27-25-,61-57+. The number of amides is 1. The number of esters is 1. The van der Waals surface area contributed by atoms with E-state index in [0.717, 1.165) is 57.8 Å². The summed E-state index contributed by atoms with van der Waals surface area (Å²) in [5.41, 5.74) is 0. The Balaban J connectivity index is 3.43. The summed E-state index contributed by atoms with van der Waals surface area (Å²) in [6.45, 7) is 4.86. The van der Waals surface area contributed by atoms with Gasteiger partial charge in [0.1, 0.15) is 0 Å². The summed E-state index contributed by atoms with van der Waals surface area (Å²) in [4.78, 5) is 24.5. The molecule has 0 rings (SSSR count). The number of carbonyl (C=O) groups is 2. The van der Waals surface area contributed by atoms with Gasteiger partial charge < -0.3 is 20.3 Å². The van der Waals surface area contributed by atoms with Crippen LogP contribution in [0.4, 0.5) is 0 Å². The molecular weight excluding hydrogens is 923 g/mol. The summed E-state index contributed by atoms with van der Waals surface area (Å²) >= 11 is 0. The summed E-state index contributed by atoms with van der Waals surface area (Å²) in [7, 11) is 0. The van der Waals surface area contributed by atoms with Crippen molar-refractivity contribution in [1.82, 2.24) is 5.32 Å². The summed E-state index contributed by atoms with van der Waals surface area (Å²) in [5, 5.41) is 23.1. The van der Waals surface area contributed by atoms with Gasteiger partial charge in [0, 0.05) is 12.8 Å². The van der Waals surface area contributed by atoms with E-state index >= 15 is 0 Å². The average Bonchev–Trinajstić information content (AvgIpc) is 3.41. The van der Waals surface area contributed by atoms with Crippen molar-refractivity contribution in [2.24, 2.45) is 0 Å². The second-order valence-electron chi connectivity index (χ2n) is 22.4. The molecule has 0 radical (unpaired) electrons. The molecule has 6 nitrogen and oxygen atoms in total. The third kappa shape index (κ3) is 60.6. The fraction of sp³-hybridized carbons (Fsp3) is 0.826. The molecule has 438 valence electrons. The number of unbranched alkanes of at least 4 members (excludes halogenated alkanes) is 42. The van der Waals surface area contributed by atoms with Gasteiger partial charge in [-0.3, -0.25) is 9.59 Å². The first-order valence-electron chi connectivity index (χ1n) is 33.1. The van der Waals surface area contributed by atoms with E-state index in [4.69, 9.17) is 4.74 Å². The number of hydrogen-bond acceptors (Lipinski definition) is 5. The second kappa shape index (κ2) is 64.1. The Morgan fingerprint density at radius 2 is 0.680 bits per heavy atom. The Bertz CT molecular complexity index is 1300. The molecule has 2 atom stereocenters. The molecule has 6 heteroatoms. The van der Waals surface area contributed by atoms with E-state index < -0.39 is 12.1 Å². The normalized spacial score (nSPS) is 13.0. The van der Waals surface area contributed by atoms with Crippen LogP contribution in [-0.2, 0) is 14.3 Å². The summed E-state index contributed by atoms with van der Waals surface area (Å²) in [6.07, 6.45) is 84.2. The zero-order valence-corrected chi connectivity index (χ0v) is 50.0. The van der Waals surface area contributed by atoms with Crippen LogP contribution in [0.5, 0.6) is 0 Å². The van der Waals surface area contributed by atoms with Gasteiger partial charge in [-0.2, -0.15) is 0 Å². The molecule has 0 spiro atoms. The quantitative estimate of drug-likeness (QED) is 0.0320. The lowest BCUT2D eigenvalue weighted by Crippen LogP contribution is -2.45. The number of nitrogens with one attached hydrogen (secondary N) is 1. The molecule has 0 fully saturated rings. The van der Waals surface area contributed by atoms with Gasteiger partial charge >= 0.3 is 5.97 Å². The lowest BCUT2D eigenvalue weighted by atomic mass is 10.0. The molecule has 75 heavy (non-hydrogen) atoms. The number of aliphatic hydroxyl groups is 2. The number of allylic oxidation sites excluding steroid dienone is 9. The van der Waals surface area contributed by atoms with Crippen LogP contribution < -0.4 is 5.32 Å². The minimum atomic E-state index is -0.846. The smallest absolute Gasteiger partial charge is 0.305 e. The van der Waals surface area contributed by atoms with Gasteiger partial charge in [-0.1, -0.05) is 299 Å². The van der Waals surface area contributed by atoms with Gasteiger partial charge in [-0.25, -0.2) is 0 Å². The molecule has 2 unspecified atom stereocenters. The predicted molar refractivity (Wildman–Crippen MR) is 328 cm³/mol. The van der Waals surface area contributed by atoms with Gasteiger partial charge in [-0.05, 0) is 89.9 Å². The van der Waals surface area contributed by atoms with Crippen LogP contribution in [0.15, 0.2) is 60.8 Å². The van der Waals surface area contributed by atoms with Crippen molar-refractivity contribution in [2.75, 3.05) is 13.2 Å². The van der Waals surface area contributed by atoms with Gasteiger partial charge in [0.25, 0.3) is 0 Å². The SMILES string of the molecule is CCCC/C=C\C/C=C\CCCCCCCC(=O)OCCCCCCCCCCC/C=C\C/C=C\CCCCCCCCCCCCCCCC(=O)NC(CO)C(O)/C=C/CCCCCCCCCCCCCCC. The molecule has 3 N–H and O–H groups in total. The highest BCUT2D eigenvalue weighted by Gasteiger charge is 2.18. The largest absolute Gasteiger partial charge is 0.466 e. The molecule has 0 aliphatic rings. The van der Waals surface area contributed by atoms with Crippen molar-refractivity contribution in [3.63, 3.8) is 0 Å². The van der Waals surface area contributed by atoms with Crippen LogP contribution in [0, 0.1) is 0 Å². The van der Waals surface area contributed by atoms with E-state index in [9.17, 15) is 19.8 Å². The van der Waals surface area contributed by atoms with Gasteiger partial charge in [0.2, 0.25) is 5.91 Å². The minimum absolute atomic E-state index is 0.00344. The van der Waals surface area contributed by atoms with Crippen molar-refractivity contribution in [3.05, 3.63) is 60.8 Å². The molecule has 0 aromatic rings. The molecule has 0 saturated carbocycles. The summed E-state index contributed by atoms with van der Waals surface area (Å²) < 4.78 is 5.47. The lowest BCUT2D eigenvalue weighted by Gasteiger charge is -2.20. The van der Waals surface area contributed by atoms with E-state index in [2.05, 4.69) is 67.8 Å². The van der Waals surface area contributed by atoms with Crippen LogP contribution >= 0.6 is 0 Å². The van der Waals surface area contributed by atoms with Crippen molar-refractivity contribution in [3.8, 4) is 0 Å². The van der Waals surface area contributed by atoms with E-state index in [1.54, 1.807) is 6.08 Å². The maximum absolute atomic E-state index is 12.5. The van der Waals surface area contributed by atoms with Crippen molar-refractivity contribution in [1.29, 1.82) is 0 Å². The minimum Gasteiger partial charge on any atom is -0.466 e. The zero-order valence-electron chi connectivity index (χ0n) is 50.0. The summed E-state index contributed by atoms with van der Waals surface area (Å²) in [5.74, 6) is -0.0717. The molecule has 0 heterocycles. The second-order valence-corrected chi connectivity index (χ2v) is 22.4. The third-order valence-electron chi connectivity index (χ3n) is 15.0. The Morgan fingerprint density at radius 3 is 1.05 bits per heavy atom. The van der Waals surface area contributed by atoms with Crippen LogP contribution in [0.25, 0.3) is 0 Å². The first-order valence-corrected chi connectivity index (χ1v) is 33.1. The fourth-order valence-electron chi connectivity index (χ4n) is 9.92. The van der Waals surface area contributed by atoms with E-state index in [0.29, 0.717) is 19.4 Å². The Hall–Kier alpha value is -2.44. The van der Waals surface area contributed by atoms with E-state index in [1.165, 1.54) is 257 Å². The number of aliphatic hydroxyl groups excluding tert-OH is 2. The Labute approximate surface area is 467 Å². The predicted octanol–water partition coefficient (Wildman–Crippen LogP) is 21.1. The Morgan fingerprint density at radius 1 is 0.373 bits per heavy atom. The highest BCUT2D eigenvalue weighted by Crippen LogP contribution is 2.17. The van der Waals surface area contributed by atoms with Crippen LogP contribution in [-0.4, -0.2) is 47.4 Å². The molecular formula is C69H127NO5. The maximum Gasteiger partial charge on any atom is 0.305 e. The topological polar surface area (TPSA) is 95.9 Å². The number of ether oxygens (including phenoxy) is 1. The van der Waals surface area contributed by atoms with E-state index in [-0.39, 0.29) is 18.5 Å². The number of rotatable bonds is 61. The lowest BCUT2D eigenvalue weighted by molar-refractivity contribution is -0.143.